The molecule has 0 bridgehead atoms. The van der Waals surface area contributed by atoms with Gasteiger partial charge < -0.3 is 15.8 Å². The molecule has 19 heavy (non-hydrogen) atoms. The van der Waals surface area contributed by atoms with Crippen molar-refractivity contribution in [3.8, 4) is 5.75 Å². The van der Waals surface area contributed by atoms with Gasteiger partial charge in [-0.15, -0.1) is 0 Å². The van der Waals surface area contributed by atoms with E-state index in [0.29, 0.717) is 17.9 Å². The van der Waals surface area contributed by atoms with E-state index in [2.05, 4.69) is 10.3 Å². The van der Waals surface area contributed by atoms with Gasteiger partial charge in [0.15, 0.2) is 11.6 Å². The fourth-order valence-electron chi connectivity index (χ4n) is 1.77. The van der Waals surface area contributed by atoms with Crippen LogP contribution in [-0.4, -0.2) is 18.6 Å². The Hall–Kier alpha value is -2.30. The van der Waals surface area contributed by atoms with Crippen LogP contribution >= 0.6 is 0 Å². The van der Waals surface area contributed by atoms with Crippen molar-refractivity contribution in [2.45, 2.75) is 6.42 Å². The zero-order valence-electron chi connectivity index (χ0n) is 10.7. The third kappa shape index (κ3) is 3.34. The number of aromatic nitrogens is 1. The molecule has 0 unspecified atom stereocenters. The lowest BCUT2D eigenvalue weighted by Crippen LogP contribution is -2.07. The molecule has 0 saturated carbocycles. The number of nitrogens with two attached hydrogens (primary N) is 1. The van der Waals surface area contributed by atoms with E-state index in [1.165, 1.54) is 18.7 Å². The first-order valence-electron chi connectivity index (χ1n) is 5.96. The molecule has 1 aromatic carbocycles. The van der Waals surface area contributed by atoms with Gasteiger partial charge in [-0.3, -0.25) is 4.98 Å². The Morgan fingerprint density at radius 1 is 1.32 bits per heavy atom. The number of halogens is 1. The maximum absolute atomic E-state index is 13.4. The van der Waals surface area contributed by atoms with Crippen molar-refractivity contribution in [3.05, 3.63) is 48.0 Å². The molecule has 1 heterocycles. The highest BCUT2D eigenvalue weighted by atomic mass is 19.1. The normalized spacial score (nSPS) is 10.2. The van der Waals surface area contributed by atoms with Gasteiger partial charge in [0, 0.05) is 31.1 Å². The van der Waals surface area contributed by atoms with Gasteiger partial charge in [0.25, 0.3) is 0 Å². The second-order valence-electron chi connectivity index (χ2n) is 4.11. The molecule has 3 N–H and O–H groups in total. The smallest absolute Gasteiger partial charge is 0.167 e. The largest absolute Gasteiger partial charge is 0.494 e. The lowest BCUT2D eigenvalue weighted by molar-refractivity contribution is 0.387. The Morgan fingerprint density at radius 3 is 2.74 bits per heavy atom. The van der Waals surface area contributed by atoms with E-state index in [0.717, 1.165) is 6.42 Å². The van der Waals surface area contributed by atoms with Crippen LogP contribution in [0.5, 0.6) is 5.75 Å². The molecule has 2 aromatic rings. The first-order chi connectivity index (χ1) is 9.20. The van der Waals surface area contributed by atoms with Gasteiger partial charge in [-0.1, -0.05) is 0 Å². The zero-order chi connectivity index (χ0) is 13.7. The number of methoxy groups -OCH3 is 1. The van der Waals surface area contributed by atoms with Crippen LogP contribution in [0, 0.1) is 5.82 Å². The minimum Gasteiger partial charge on any atom is -0.494 e. The number of nitrogen functional groups attached to an aromatic ring is 1. The van der Waals surface area contributed by atoms with Crippen molar-refractivity contribution < 1.29 is 9.13 Å². The van der Waals surface area contributed by atoms with Gasteiger partial charge in [-0.25, -0.2) is 4.39 Å². The second kappa shape index (κ2) is 6.04. The molecule has 0 aliphatic rings. The first kappa shape index (κ1) is 13.1. The Labute approximate surface area is 111 Å². The van der Waals surface area contributed by atoms with Crippen molar-refractivity contribution in [2.24, 2.45) is 0 Å². The number of benzene rings is 1. The van der Waals surface area contributed by atoms with E-state index in [4.69, 9.17) is 10.5 Å². The SMILES string of the molecule is COc1cc(NCCc2ccncc2)c(N)cc1F. The number of nitrogens with one attached hydrogen (secondary N) is 1. The number of pyridine rings is 1. The van der Waals surface area contributed by atoms with Crippen LogP contribution in [0.4, 0.5) is 15.8 Å². The molecular formula is C14H16FN3O. The number of ether oxygens (including phenoxy) is 1. The van der Waals surface area contributed by atoms with E-state index < -0.39 is 5.82 Å². The lowest BCUT2D eigenvalue weighted by atomic mass is 10.2. The topological polar surface area (TPSA) is 60.2 Å². The fraction of sp³-hybridized carbons (Fsp3) is 0.214. The third-order valence-corrected chi connectivity index (χ3v) is 2.80. The summed E-state index contributed by atoms with van der Waals surface area (Å²) in [4.78, 5) is 3.96. The van der Waals surface area contributed by atoms with Gasteiger partial charge in [-0.05, 0) is 24.1 Å². The standard InChI is InChI=1S/C14H16FN3O/c1-19-14-9-13(12(16)8-11(14)15)18-7-4-10-2-5-17-6-3-10/h2-3,5-6,8-9,18H,4,7,16H2,1H3. The summed E-state index contributed by atoms with van der Waals surface area (Å²) in [5, 5.41) is 3.17. The number of anilines is 2. The van der Waals surface area contributed by atoms with E-state index in [1.54, 1.807) is 18.5 Å². The summed E-state index contributed by atoms with van der Waals surface area (Å²) in [6, 6.07) is 6.73. The van der Waals surface area contributed by atoms with Gasteiger partial charge in [0.05, 0.1) is 18.5 Å². The molecule has 100 valence electrons. The molecule has 0 amide bonds. The Bertz CT molecular complexity index is 546. The number of hydrogen-bond acceptors (Lipinski definition) is 4. The van der Waals surface area contributed by atoms with E-state index in [-0.39, 0.29) is 5.75 Å². The van der Waals surface area contributed by atoms with Crippen molar-refractivity contribution in [1.82, 2.24) is 4.98 Å². The third-order valence-electron chi connectivity index (χ3n) is 2.80. The molecule has 1 aromatic heterocycles. The summed E-state index contributed by atoms with van der Waals surface area (Å²) in [6.45, 7) is 0.697. The monoisotopic (exact) mass is 261 g/mol. The number of nitrogens with zero attached hydrogens (tertiary/aromatic N) is 1. The highest BCUT2D eigenvalue weighted by Gasteiger charge is 2.07. The van der Waals surface area contributed by atoms with Crippen molar-refractivity contribution in [2.75, 3.05) is 24.7 Å². The van der Waals surface area contributed by atoms with Crippen LogP contribution in [0.2, 0.25) is 0 Å². The molecular weight excluding hydrogens is 245 g/mol. The van der Waals surface area contributed by atoms with Crippen molar-refractivity contribution >= 4 is 11.4 Å². The van der Waals surface area contributed by atoms with Gasteiger partial charge in [-0.2, -0.15) is 0 Å². The van der Waals surface area contributed by atoms with Crippen LogP contribution in [-0.2, 0) is 6.42 Å². The molecule has 2 rings (SSSR count). The fourth-order valence-corrected chi connectivity index (χ4v) is 1.77. The average molecular weight is 261 g/mol. The Balaban J connectivity index is 2.00. The first-order valence-corrected chi connectivity index (χ1v) is 5.96. The number of rotatable bonds is 5. The molecule has 0 spiro atoms. The maximum atomic E-state index is 13.4. The summed E-state index contributed by atoms with van der Waals surface area (Å²) in [5.41, 5.74) is 7.97. The highest BCUT2D eigenvalue weighted by molar-refractivity contribution is 5.68. The molecule has 5 heteroatoms. The van der Waals surface area contributed by atoms with E-state index >= 15 is 0 Å². The molecule has 0 atom stereocenters. The quantitative estimate of drug-likeness (QED) is 0.812. The molecule has 0 saturated heterocycles. The molecule has 4 nitrogen and oxygen atoms in total. The predicted octanol–water partition coefficient (Wildman–Crippen LogP) is 2.47. The van der Waals surface area contributed by atoms with Gasteiger partial charge in [0.2, 0.25) is 0 Å². The molecule has 0 fully saturated rings. The molecule has 0 aliphatic heterocycles. The molecule has 0 radical (unpaired) electrons. The minimum absolute atomic E-state index is 0.181. The number of hydrogen-bond donors (Lipinski definition) is 2. The highest BCUT2D eigenvalue weighted by Crippen LogP contribution is 2.27. The summed E-state index contributed by atoms with van der Waals surface area (Å²) in [5.74, 6) is -0.278. The summed E-state index contributed by atoms with van der Waals surface area (Å²) in [6.07, 6.45) is 4.34. The van der Waals surface area contributed by atoms with Crippen LogP contribution in [0.25, 0.3) is 0 Å². The van der Waals surface area contributed by atoms with Gasteiger partial charge in [0.1, 0.15) is 0 Å². The van der Waals surface area contributed by atoms with Crippen LogP contribution < -0.4 is 15.8 Å². The Kier molecular flexibility index (Phi) is 4.18. The minimum atomic E-state index is -0.459. The summed E-state index contributed by atoms with van der Waals surface area (Å²) < 4.78 is 18.3. The second-order valence-corrected chi connectivity index (χ2v) is 4.11. The average Bonchev–Trinajstić information content (AvgIpc) is 2.42. The van der Waals surface area contributed by atoms with E-state index in [1.807, 2.05) is 12.1 Å². The summed E-state index contributed by atoms with van der Waals surface area (Å²) >= 11 is 0. The van der Waals surface area contributed by atoms with Crippen LogP contribution in [0.3, 0.4) is 0 Å². The lowest BCUT2D eigenvalue weighted by Gasteiger charge is -2.11. The van der Waals surface area contributed by atoms with Crippen molar-refractivity contribution in [1.29, 1.82) is 0 Å². The van der Waals surface area contributed by atoms with Crippen molar-refractivity contribution in [3.63, 3.8) is 0 Å². The maximum Gasteiger partial charge on any atom is 0.167 e. The van der Waals surface area contributed by atoms with Crippen LogP contribution in [0.15, 0.2) is 36.7 Å². The predicted molar refractivity (Wildman–Crippen MR) is 73.8 cm³/mol. The van der Waals surface area contributed by atoms with Gasteiger partial charge >= 0.3 is 0 Å². The Morgan fingerprint density at radius 2 is 2.05 bits per heavy atom. The van der Waals surface area contributed by atoms with Crippen LogP contribution in [0.1, 0.15) is 5.56 Å². The molecule has 0 aliphatic carbocycles. The van der Waals surface area contributed by atoms with E-state index in [9.17, 15) is 4.39 Å². The zero-order valence-corrected chi connectivity index (χ0v) is 10.7. The summed E-state index contributed by atoms with van der Waals surface area (Å²) in [7, 11) is 1.43.